The number of oxazole rings is 1. The van der Waals surface area contributed by atoms with Gasteiger partial charge in [0.25, 0.3) is 0 Å². The largest absolute Gasteiger partial charge is 0.439 e. The highest BCUT2D eigenvalue weighted by molar-refractivity contribution is 5.72. The van der Waals surface area contributed by atoms with Crippen molar-refractivity contribution in [2.75, 3.05) is 0 Å². The highest BCUT2D eigenvalue weighted by atomic mass is 16.3. The van der Waals surface area contributed by atoms with E-state index < -0.39 is 0 Å². The normalized spacial score (nSPS) is 17.2. The highest BCUT2D eigenvalue weighted by Gasteiger charge is 2.15. The van der Waals surface area contributed by atoms with Gasteiger partial charge in [-0.25, -0.2) is 4.98 Å². The molecule has 2 aromatic rings. The van der Waals surface area contributed by atoms with Gasteiger partial charge in [-0.05, 0) is 25.0 Å². The molecule has 0 amide bonds. The topological polar surface area (TPSA) is 38.1 Å². The van der Waals surface area contributed by atoms with Crippen LogP contribution in [0.2, 0.25) is 0 Å². The molecule has 0 saturated heterocycles. The number of nitrogens with zero attached hydrogens (tertiary/aromatic N) is 1. The predicted octanol–water partition coefficient (Wildman–Crippen LogP) is 2.86. The molecule has 0 aliphatic heterocycles. The Balaban J connectivity index is 1.69. The van der Waals surface area contributed by atoms with Gasteiger partial charge in [-0.2, -0.15) is 0 Å². The molecule has 3 nitrogen and oxygen atoms in total. The second kappa shape index (κ2) is 4.26. The second-order valence-corrected chi connectivity index (χ2v) is 4.44. The fourth-order valence-electron chi connectivity index (χ4n) is 2.36. The van der Waals surface area contributed by atoms with Crippen molar-refractivity contribution in [2.45, 2.75) is 38.3 Å². The van der Waals surface area contributed by atoms with Crippen LogP contribution in [0.1, 0.15) is 31.6 Å². The summed E-state index contributed by atoms with van der Waals surface area (Å²) >= 11 is 0. The molecule has 1 aromatic heterocycles. The smallest absolute Gasteiger partial charge is 0.209 e. The first kappa shape index (κ1) is 9.85. The third-order valence-electron chi connectivity index (χ3n) is 3.24. The number of hydrogen-bond acceptors (Lipinski definition) is 3. The number of benzene rings is 1. The summed E-state index contributed by atoms with van der Waals surface area (Å²) in [7, 11) is 0. The summed E-state index contributed by atoms with van der Waals surface area (Å²) in [6.07, 6.45) is 5.29. The van der Waals surface area contributed by atoms with E-state index in [1.807, 2.05) is 24.3 Å². The number of rotatable bonds is 3. The summed E-state index contributed by atoms with van der Waals surface area (Å²) in [6.45, 7) is 0.749. The van der Waals surface area contributed by atoms with Gasteiger partial charge in [-0.1, -0.05) is 25.0 Å². The zero-order valence-electron chi connectivity index (χ0n) is 9.28. The van der Waals surface area contributed by atoms with Crippen molar-refractivity contribution >= 4 is 11.1 Å². The lowest BCUT2D eigenvalue weighted by molar-refractivity contribution is 0.450. The highest BCUT2D eigenvalue weighted by Crippen LogP contribution is 2.19. The first-order valence-electron chi connectivity index (χ1n) is 6.00. The van der Waals surface area contributed by atoms with E-state index in [-0.39, 0.29) is 0 Å². The fourth-order valence-corrected chi connectivity index (χ4v) is 2.36. The van der Waals surface area contributed by atoms with Gasteiger partial charge < -0.3 is 9.73 Å². The molecule has 0 spiro atoms. The third kappa shape index (κ3) is 1.95. The third-order valence-corrected chi connectivity index (χ3v) is 3.24. The average Bonchev–Trinajstić information content (AvgIpc) is 2.95. The van der Waals surface area contributed by atoms with E-state index in [1.165, 1.54) is 25.7 Å². The maximum atomic E-state index is 5.65. The molecule has 1 N–H and O–H groups in total. The minimum atomic E-state index is 0.662. The molecule has 0 radical (unpaired) electrons. The lowest BCUT2D eigenvalue weighted by atomic mass is 10.2. The van der Waals surface area contributed by atoms with E-state index in [2.05, 4.69) is 10.3 Å². The van der Waals surface area contributed by atoms with Gasteiger partial charge in [0.2, 0.25) is 5.89 Å². The Morgan fingerprint density at radius 2 is 2.06 bits per heavy atom. The van der Waals surface area contributed by atoms with Crippen LogP contribution in [0.5, 0.6) is 0 Å². The van der Waals surface area contributed by atoms with Gasteiger partial charge in [-0.3, -0.25) is 0 Å². The maximum absolute atomic E-state index is 5.65. The molecule has 1 heterocycles. The second-order valence-electron chi connectivity index (χ2n) is 4.44. The van der Waals surface area contributed by atoms with E-state index in [4.69, 9.17) is 4.42 Å². The van der Waals surface area contributed by atoms with Crippen LogP contribution < -0.4 is 5.32 Å². The molecule has 0 unspecified atom stereocenters. The van der Waals surface area contributed by atoms with Crippen LogP contribution in [0.3, 0.4) is 0 Å². The minimum absolute atomic E-state index is 0.662. The molecule has 3 heteroatoms. The van der Waals surface area contributed by atoms with Crippen LogP contribution in [0, 0.1) is 0 Å². The summed E-state index contributed by atoms with van der Waals surface area (Å²) in [4.78, 5) is 4.44. The van der Waals surface area contributed by atoms with Gasteiger partial charge in [0.1, 0.15) is 5.52 Å². The first-order valence-corrected chi connectivity index (χ1v) is 6.00. The Kier molecular flexibility index (Phi) is 2.62. The zero-order chi connectivity index (χ0) is 10.8. The number of fused-ring (bicyclic) bond motifs is 1. The summed E-state index contributed by atoms with van der Waals surface area (Å²) < 4.78 is 5.65. The van der Waals surface area contributed by atoms with E-state index in [0.29, 0.717) is 6.04 Å². The molecule has 84 valence electrons. The Bertz CT molecular complexity index is 438. The number of hydrogen-bond donors (Lipinski definition) is 1. The van der Waals surface area contributed by atoms with Gasteiger partial charge in [0.05, 0.1) is 6.54 Å². The van der Waals surface area contributed by atoms with Gasteiger partial charge in [0, 0.05) is 6.04 Å². The monoisotopic (exact) mass is 216 g/mol. The van der Waals surface area contributed by atoms with E-state index >= 15 is 0 Å². The van der Waals surface area contributed by atoms with Crippen molar-refractivity contribution in [3.05, 3.63) is 30.2 Å². The molecule has 16 heavy (non-hydrogen) atoms. The predicted molar refractivity (Wildman–Crippen MR) is 63.1 cm³/mol. The van der Waals surface area contributed by atoms with Crippen molar-refractivity contribution in [1.82, 2.24) is 10.3 Å². The average molecular weight is 216 g/mol. The molecule has 0 atom stereocenters. The molecular weight excluding hydrogens is 200 g/mol. The van der Waals surface area contributed by atoms with Crippen molar-refractivity contribution in [3.8, 4) is 0 Å². The van der Waals surface area contributed by atoms with E-state index in [9.17, 15) is 0 Å². The molecular formula is C13H16N2O. The quantitative estimate of drug-likeness (QED) is 0.857. The number of para-hydroxylation sites is 2. The molecule has 0 bridgehead atoms. The van der Waals surface area contributed by atoms with E-state index in [0.717, 1.165) is 23.5 Å². The van der Waals surface area contributed by atoms with Crippen molar-refractivity contribution < 1.29 is 4.42 Å². The Labute approximate surface area is 94.9 Å². The maximum Gasteiger partial charge on any atom is 0.209 e. The SMILES string of the molecule is c1ccc2oc(CNC3CCCC3)nc2c1. The Morgan fingerprint density at radius 3 is 2.88 bits per heavy atom. The van der Waals surface area contributed by atoms with Crippen molar-refractivity contribution in [3.63, 3.8) is 0 Å². The summed E-state index contributed by atoms with van der Waals surface area (Å²) in [6, 6.07) is 8.56. The lowest BCUT2D eigenvalue weighted by Crippen LogP contribution is -2.25. The number of aromatic nitrogens is 1. The summed E-state index contributed by atoms with van der Waals surface area (Å²) in [5.41, 5.74) is 1.83. The van der Waals surface area contributed by atoms with Gasteiger partial charge in [0.15, 0.2) is 5.58 Å². The van der Waals surface area contributed by atoms with Gasteiger partial charge in [-0.15, -0.1) is 0 Å². The van der Waals surface area contributed by atoms with Crippen LogP contribution in [-0.4, -0.2) is 11.0 Å². The molecule has 1 aromatic carbocycles. The summed E-state index contributed by atoms with van der Waals surface area (Å²) in [5.74, 6) is 0.799. The molecule has 1 aliphatic carbocycles. The molecule has 3 rings (SSSR count). The Hall–Kier alpha value is -1.35. The van der Waals surface area contributed by atoms with Crippen LogP contribution >= 0.6 is 0 Å². The van der Waals surface area contributed by atoms with E-state index in [1.54, 1.807) is 0 Å². The zero-order valence-corrected chi connectivity index (χ0v) is 9.28. The van der Waals surface area contributed by atoms with Crippen molar-refractivity contribution in [1.29, 1.82) is 0 Å². The van der Waals surface area contributed by atoms with Crippen molar-refractivity contribution in [2.24, 2.45) is 0 Å². The van der Waals surface area contributed by atoms with Crippen LogP contribution in [0.25, 0.3) is 11.1 Å². The summed E-state index contributed by atoms with van der Waals surface area (Å²) in [5, 5.41) is 3.50. The van der Waals surface area contributed by atoms with Crippen LogP contribution in [0.15, 0.2) is 28.7 Å². The fraction of sp³-hybridized carbons (Fsp3) is 0.462. The van der Waals surface area contributed by atoms with Crippen LogP contribution in [0.4, 0.5) is 0 Å². The standard InChI is InChI=1S/C13H16N2O/c1-2-6-10(5-1)14-9-13-15-11-7-3-4-8-12(11)16-13/h3-4,7-8,10,14H,1-2,5-6,9H2. The van der Waals surface area contributed by atoms with Gasteiger partial charge >= 0.3 is 0 Å². The molecule has 1 fully saturated rings. The molecule has 1 saturated carbocycles. The first-order chi connectivity index (χ1) is 7.92. The Morgan fingerprint density at radius 1 is 1.25 bits per heavy atom. The van der Waals surface area contributed by atoms with Crippen LogP contribution in [-0.2, 0) is 6.54 Å². The number of nitrogens with one attached hydrogen (secondary N) is 1. The lowest BCUT2D eigenvalue weighted by Gasteiger charge is -2.08. The minimum Gasteiger partial charge on any atom is -0.439 e. The molecule has 1 aliphatic rings.